The molecule has 5 amide bonds. The number of carbonyl (C=O) groups is 5. The summed E-state index contributed by atoms with van der Waals surface area (Å²) in [6.45, 7) is 2.51. The van der Waals surface area contributed by atoms with Gasteiger partial charge < -0.3 is 34.9 Å². The third-order valence-electron chi connectivity index (χ3n) is 9.70. The maximum absolute atomic E-state index is 13.8. The van der Waals surface area contributed by atoms with Gasteiger partial charge in [0.2, 0.25) is 33.7 Å². The van der Waals surface area contributed by atoms with Crippen molar-refractivity contribution in [1.82, 2.24) is 25.5 Å². The average Bonchev–Trinajstić information content (AvgIpc) is 3.52. The highest BCUT2D eigenvalue weighted by atomic mass is 32.2. The molecule has 23 heteroatoms. The third-order valence-corrected chi connectivity index (χ3v) is 11.0. The van der Waals surface area contributed by atoms with Crippen molar-refractivity contribution < 1.29 is 64.5 Å². The number of piperidine rings is 1. The van der Waals surface area contributed by atoms with Gasteiger partial charge in [0.25, 0.3) is 11.8 Å². The van der Waals surface area contributed by atoms with Gasteiger partial charge in [0.1, 0.15) is 42.1 Å². The Labute approximate surface area is 370 Å². The highest BCUT2D eigenvalue weighted by Crippen LogP contribution is 2.35. The van der Waals surface area contributed by atoms with Crippen LogP contribution in [0, 0.1) is 0 Å². The molecule has 19 nitrogen and oxygen atoms in total. The number of anilines is 4. The molecule has 0 radical (unpaired) electrons. The largest absolute Gasteiger partial charge is 0.491 e. The molecule has 5 N–H and O–H groups in total. The number of halogens is 3. The van der Waals surface area contributed by atoms with E-state index in [2.05, 4.69) is 36.0 Å². The van der Waals surface area contributed by atoms with Crippen molar-refractivity contribution in [3.63, 3.8) is 0 Å². The van der Waals surface area contributed by atoms with Gasteiger partial charge >= 0.3 is 6.18 Å². The Balaban J connectivity index is 0.839. The summed E-state index contributed by atoms with van der Waals surface area (Å²) in [6.07, 6.45) is -3.98. The van der Waals surface area contributed by atoms with Gasteiger partial charge in [0.05, 0.1) is 49.9 Å². The zero-order chi connectivity index (χ0) is 46.6. The van der Waals surface area contributed by atoms with Crippen LogP contribution in [-0.4, -0.2) is 111 Å². The molecule has 1 aromatic heterocycles. The van der Waals surface area contributed by atoms with E-state index < -0.39 is 57.3 Å². The normalized spacial score (nSPS) is 15.0. The minimum absolute atomic E-state index is 0.00131. The van der Waals surface area contributed by atoms with Crippen LogP contribution in [0.5, 0.6) is 11.5 Å². The van der Waals surface area contributed by atoms with Crippen molar-refractivity contribution >= 4 is 62.7 Å². The number of alkyl halides is 3. The van der Waals surface area contributed by atoms with Gasteiger partial charge in [-0.1, -0.05) is 18.2 Å². The van der Waals surface area contributed by atoms with Crippen LogP contribution in [0.1, 0.15) is 58.0 Å². The molecule has 2 aliphatic heterocycles. The molecule has 3 heterocycles. The van der Waals surface area contributed by atoms with Crippen molar-refractivity contribution in [2.45, 2.75) is 44.9 Å². The molecule has 346 valence electrons. The molecule has 0 bridgehead atoms. The summed E-state index contributed by atoms with van der Waals surface area (Å²) in [6, 6.07) is 16.2. The number of hydrogen-bond donors (Lipinski definition) is 5. The fourth-order valence-corrected chi connectivity index (χ4v) is 7.11. The van der Waals surface area contributed by atoms with Crippen LogP contribution in [-0.2, 0) is 46.6 Å². The zero-order valence-corrected chi connectivity index (χ0v) is 35.7. The highest BCUT2D eigenvalue weighted by molar-refractivity contribution is 7.92. The van der Waals surface area contributed by atoms with Crippen LogP contribution in [0.25, 0.3) is 0 Å². The number of fused-ring (bicyclic) bond motifs is 1. The Morgan fingerprint density at radius 1 is 0.892 bits per heavy atom. The Bertz CT molecular complexity index is 2490. The summed E-state index contributed by atoms with van der Waals surface area (Å²) in [5.41, 5.74) is 0.283. The topological polar surface area (TPSA) is 246 Å². The summed E-state index contributed by atoms with van der Waals surface area (Å²) in [5, 5.41) is 10.4. The predicted molar refractivity (Wildman–Crippen MR) is 227 cm³/mol. The highest BCUT2D eigenvalue weighted by Gasteiger charge is 2.46. The number of nitrogens with zero attached hydrogens (tertiary/aromatic N) is 3. The first-order chi connectivity index (χ1) is 31.1. The molecule has 1 saturated heterocycles. The molecular formula is C42H45F3N8O11S. The van der Waals surface area contributed by atoms with E-state index >= 15 is 0 Å². The van der Waals surface area contributed by atoms with Gasteiger partial charge in [-0.25, -0.2) is 13.4 Å². The van der Waals surface area contributed by atoms with Crippen molar-refractivity contribution in [3.05, 3.63) is 95.2 Å². The molecule has 0 saturated carbocycles. The lowest BCUT2D eigenvalue weighted by atomic mass is 10.0. The quantitative estimate of drug-likeness (QED) is 0.0521. The first kappa shape index (κ1) is 47.6. The van der Waals surface area contributed by atoms with E-state index in [9.17, 15) is 45.6 Å². The van der Waals surface area contributed by atoms with Crippen LogP contribution in [0.15, 0.2) is 72.9 Å². The third kappa shape index (κ3) is 13.1. The van der Waals surface area contributed by atoms with Gasteiger partial charge in [-0.15, -0.1) is 0 Å². The lowest BCUT2D eigenvalue weighted by Gasteiger charge is -2.27. The second-order valence-electron chi connectivity index (χ2n) is 14.3. The van der Waals surface area contributed by atoms with E-state index in [1.165, 1.54) is 31.2 Å². The number of hydrogen-bond acceptors (Lipinski definition) is 15. The standard InChI is InChI=1S/C42H45F3N8O11S/c1-2-65(59,60)52-28-6-3-5-26(23-28)24-47-37-31(42(43,44)45)25-48-41(51-37)49-27-9-11-29(12-10-27)63-22-21-62-20-19-61-17-15-34(54)46-16-18-64-33-8-4-7-30-36(33)40(58)53(39(30)57)32-13-14-35(55)50-38(32)56/h3-12,23,25,32,52H,2,13-22,24H2,1H3,(H,46,54)(H,50,55,56)(H2,47,48,49,51). The predicted octanol–water partition coefficient (Wildman–Crippen LogP) is 4.01. The first-order valence-electron chi connectivity index (χ1n) is 20.3. The monoisotopic (exact) mass is 926 g/mol. The average molecular weight is 927 g/mol. The smallest absolute Gasteiger partial charge is 0.421 e. The Morgan fingerprint density at radius 2 is 1.63 bits per heavy atom. The number of nitrogens with one attached hydrogen (secondary N) is 5. The second kappa shape index (κ2) is 21.7. The van der Waals surface area contributed by atoms with Crippen LogP contribution in [0.4, 0.5) is 36.3 Å². The van der Waals surface area contributed by atoms with Gasteiger partial charge in [0.15, 0.2) is 0 Å². The first-order valence-corrected chi connectivity index (χ1v) is 21.9. The summed E-state index contributed by atoms with van der Waals surface area (Å²) in [4.78, 5) is 71.0. The van der Waals surface area contributed by atoms with Crippen molar-refractivity contribution in [2.75, 3.05) is 67.3 Å². The molecule has 3 aromatic carbocycles. The van der Waals surface area contributed by atoms with E-state index in [0.717, 1.165) is 4.90 Å². The number of ether oxygens (including phenoxy) is 4. The van der Waals surface area contributed by atoms with E-state index in [1.807, 2.05) is 0 Å². The number of benzene rings is 3. The van der Waals surface area contributed by atoms with Crippen LogP contribution < -0.4 is 35.5 Å². The molecule has 2 aliphatic rings. The van der Waals surface area contributed by atoms with Gasteiger partial charge in [-0.3, -0.25) is 38.9 Å². The molecule has 65 heavy (non-hydrogen) atoms. The summed E-state index contributed by atoms with van der Waals surface area (Å²) >= 11 is 0. The van der Waals surface area contributed by atoms with Crippen LogP contribution >= 0.6 is 0 Å². The Hall–Kier alpha value is -6.85. The molecule has 1 unspecified atom stereocenters. The Morgan fingerprint density at radius 3 is 2.37 bits per heavy atom. The van der Waals surface area contributed by atoms with Crippen molar-refractivity contribution in [3.8, 4) is 11.5 Å². The van der Waals surface area contributed by atoms with Crippen molar-refractivity contribution in [2.24, 2.45) is 0 Å². The number of carbonyl (C=O) groups excluding carboxylic acids is 5. The van der Waals surface area contributed by atoms with Crippen LogP contribution in [0.2, 0.25) is 0 Å². The van der Waals surface area contributed by atoms with E-state index in [0.29, 0.717) is 23.2 Å². The maximum atomic E-state index is 13.8. The lowest BCUT2D eigenvalue weighted by molar-refractivity contribution is -0.138. The van der Waals surface area contributed by atoms with Gasteiger partial charge in [-0.2, -0.15) is 18.2 Å². The number of sulfonamides is 1. The maximum Gasteiger partial charge on any atom is 0.421 e. The summed E-state index contributed by atoms with van der Waals surface area (Å²) < 4.78 is 90.0. The number of aromatic nitrogens is 2. The number of rotatable bonds is 23. The minimum atomic E-state index is -4.74. The Kier molecular flexibility index (Phi) is 15.9. The lowest BCUT2D eigenvalue weighted by Crippen LogP contribution is -2.54. The fourth-order valence-electron chi connectivity index (χ4n) is 6.48. The molecule has 0 spiro atoms. The number of amides is 5. The molecule has 0 aliphatic carbocycles. The zero-order valence-electron chi connectivity index (χ0n) is 34.9. The molecule has 6 rings (SSSR count). The second-order valence-corrected chi connectivity index (χ2v) is 16.3. The van der Waals surface area contributed by atoms with Crippen molar-refractivity contribution in [1.29, 1.82) is 0 Å². The number of imide groups is 2. The summed E-state index contributed by atoms with van der Waals surface area (Å²) in [7, 11) is -3.54. The SMILES string of the molecule is CCS(=O)(=O)Nc1cccc(CNc2nc(Nc3ccc(OCCOCCOCCC(=O)NCCOc4cccc5c4C(=O)N(C4CCC(=O)NC4=O)C5=O)cc3)ncc2C(F)(F)F)c1. The molecule has 1 atom stereocenters. The van der Waals surface area contributed by atoms with Crippen LogP contribution in [0.3, 0.4) is 0 Å². The molecule has 4 aromatic rings. The molecule has 1 fully saturated rings. The summed E-state index contributed by atoms with van der Waals surface area (Å²) in [5.74, 6) is -2.92. The minimum Gasteiger partial charge on any atom is -0.491 e. The van der Waals surface area contributed by atoms with E-state index in [-0.39, 0.29) is 112 Å². The van der Waals surface area contributed by atoms with E-state index in [4.69, 9.17) is 18.9 Å². The van der Waals surface area contributed by atoms with E-state index in [1.54, 1.807) is 42.5 Å². The van der Waals surface area contributed by atoms with Gasteiger partial charge in [-0.05, 0) is 67.4 Å². The fraction of sp³-hybridized carbons (Fsp3) is 0.357. The van der Waals surface area contributed by atoms with Gasteiger partial charge in [0, 0.05) is 37.0 Å². The molecular weight excluding hydrogens is 882 g/mol.